The highest BCUT2D eigenvalue weighted by atomic mass is 19.4. The Morgan fingerprint density at radius 1 is 1.09 bits per heavy atom. The number of aromatic nitrogens is 1. The number of para-hydroxylation sites is 1. The second kappa shape index (κ2) is 8.69. The molecule has 2 N–H and O–H groups in total. The Bertz CT molecular complexity index is 1230. The number of hydrogen-bond donors (Lipinski definition) is 2. The van der Waals surface area contributed by atoms with Gasteiger partial charge in [-0.15, -0.1) is 0 Å². The second-order valence-corrected chi connectivity index (χ2v) is 7.81. The van der Waals surface area contributed by atoms with E-state index >= 15 is 0 Å². The lowest BCUT2D eigenvalue weighted by atomic mass is 9.81. The molecule has 172 valence electrons. The zero-order chi connectivity index (χ0) is 23.8. The number of nitrogens with one attached hydrogen (secondary N) is 1. The smallest absolute Gasteiger partial charge is 0.387 e. The summed E-state index contributed by atoms with van der Waals surface area (Å²) in [7, 11) is 0. The van der Waals surface area contributed by atoms with Crippen molar-refractivity contribution in [3.05, 3.63) is 88.5 Å². The van der Waals surface area contributed by atoms with Crippen molar-refractivity contribution >= 4 is 10.9 Å². The molecule has 33 heavy (non-hydrogen) atoms. The summed E-state index contributed by atoms with van der Waals surface area (Å²) in [6.07, 6.45) is -1.88. The van der Waals surface area contributed by atoms with Crippen LogP contribution in [0.25, 0.3) is 10.9 Å². The van der Waals surface area contributed by atoms with Crippen LogP contribution in [0.2, 0.25) is 0 Å². The summed E-state index contributed by atoms with van der Waals surface area (Å²) < 4.78 is 80.3. The summed E-state index contributed by atoms with van der Waals surface area (Å²) >= 11 is 0. The minimum Gasteiger partial charge on any atom is -0.387 e. The molecular formula is C24H18F6N2O. The molecule has 1 heterocycles. The Hall–Kier alpha value is -3.09. The number of nitrogens with zero attached hydrogens (tertiary/aromatic N) is 1. The third-order valence-corrected chi connectivity index (χ3v) is 5.62. The minimum absolute atomic E-state index is 0.0137. The molecule has 2 aliphatic carbocycles. The number of hydrogen-bond acceptors (Lipinski definition) is 3. The highest BCUT2D eigenvalue weighted by Crippen LogP contribution is 2.39. The zero-order valence-electron chi connectivity index (χ0n) is 17.0. The summed E-state index contributed by atoms with van der Waals surface area (Å²) in [5.41, 5.74) is 2.94. The fourth-order valence-electron chi connectivity index (χ4n) is 4.03. The van der Waals surface area contributed by atoms with E-state index in [1.165, 1.54) is 6.07 Å². The molecule has 4 rings (SSSR count). The van der Waals surface area contributed by atoms with E-state index in [4.69, 9.17) is 0 Å². The van der Waals surface area contributed by atoms with Crippen LogP contribution in [0.3, 0.4) is 0 Å². The van der Waals surface area contributed by atoms with Gasteiger partial charge < -0.3 is 10.4 Å². The molecule has 0 fully saturated rings. The molecule has 0 saturated carbocycles. The van der Waals surface area contributed by atoms with Gasteiger partial charge in [0.1, 0.15) is 5.69 Å². The van der Waals surface area contributed by atoms with Crippen LogP contribution >= 0.6 is 0 Å². The topological polar surface area (TPSA) is 45.1 Å². The molecule has 0 aliphatic heterocycles. The van der Waals surface area contributed by atoms with Crippen molar-refractivity contribution in [2.75, 3.05) is 13.1 Å². The van der Waals surface area contributed by atoms with E-state index in [1.54, 1.807) is 0 Å². The second-order valence-electron chi connectivity index (χ2n) is 7.81. The van der Waals surface area contributed by atoms with Gasteiger partial charge in [0.25, 0.3) is 0 Å². The van der Waals surface area contributed by atoms with Gasteiger partial charge in [-0.2, -0.15) is 26.3 Å². The molecule has 0 radical (unpaired) electrons. The number of fused-ring (bicyclic) bond motifs is 2. The maximum Gasteiger partial charge on any atom is 0.433 e. The van der Waals surface area contributed by atoms with Crippen molar-refractivity contribution in [1.82, 2.24) is 10.3 Å². The van der Waals surface area contributed by atoms with Crippen molar-refractivity contribution in [3.63, 3.8) is 0 Å². The maximum atomic E-state index is 13.4. The highest BCUT2D eigenvalue weighted by molar-refractivity contribution is 5.86. The first kappa shape index (κ1) is 23.1. The van der Waals surface area contributed by atoms with Gasteiger partial charge in [-0.05, 0) is 35.4 Å². The average Bonchev–Trinajstić information content (AvgIpc) is 2.76. The molecule has 3 unspecified atom stereocenters. The monoisotopic (exact) mass is 464 g/mol. The zero-order valence-corrected chi connectivity index (χ0v) is 17.0. The third kappa shape index (κ3) is 4.82. The number of rotatable bonds is 5. The summed E-state index contributed by atoms with van der Waals surface area (Å²) in [6, 6.07) is 3.59. The average molecular weight is 464 g/mol. The van der Waals surface area contributed by atoms with E-state index in [1.807, 2.05) is 30.4 Å². The number of benzene rings is 1. The quantitative estimate of drug-likeness (QED) is 0.454. The largest absolute Gasteiger partial charge is 0.433 e. The Labute approximate surface area is 185 Å². The van der Waals surface area contributed by atoms with Gasteiger partial charge in [0.05, 0.1) is 17.2 Å². The van der Waals surface area contributed by atoms with Gasteiger partial charge >= 0.3 is 12.4 Å². The van der Waals surface area contributed by atoms with Crippen molar-refractivity contribution in [1.29, 1.82) is 0 Å². The molecule has 0 spiro atoms. The number of alkyl halides is 6. The third-order valence-electron chi connectivity index (χ3n) is 5.62. The van der Waals surface area contributed by atoms with E-state index < -0.39 is 35.2 Å². The Morgan fingerprint density at radius 2 is 1.88 bits per heavy atom. The van der Waals surface area contributed by atoms with E-state index in [0.717, 1.165) is 11.6 Å². The number of aliphatic hydroxyl groups excluding tert-OH is 1. The molecule has 1 aromatic heterocycles. The van der Waals surface area contributed by atoms with Gasteiger partial charge in [0, 0.05) is 30.3 Å². The molecule has 2 aromatic rings. The minimum atomic E-state index is -4.97. The van der Waals surface area contributed by atoms with Gasteiger partial charge in [0.2, 0.25) is 0 Å². The van der Waals surface area contributed by atoms with Crippen molar-refractivity contribution in [2.45, 2.75) is 18.5 Å². The van der Waals surface area contributed by atoms with Crippen LogP contribution in [-0.4, -0.2) is 23.2 Å². The molecule has 9 heteroatoms. The molecular weight excluding hydrogens is 446 g/mol. The molecule has 2 aliphatic rings. The van der Waals surface area contributed by atoms with Crippen LogP contribution in [0.15, 0.2) is 71.7 Å². The number of aliphatic hydroxyl groups is 1. The molecule has 3 nitrogen and oxygen atoms in total. The normalized spacial score (nSPS) is 20.8. The Balaban J connectivity index is 1.60. The molecule has 0 bridgehead atoms. The maximum absolute atomic E-state index is 13.4. The summed E-state index contributed by atoms with van der Waals surface area (Å²) in [6.45, 7) is 0.239. The van der Waals surface area contributed by atoms with E-state index in [2.05, 4.69) is 21.8 Å². The Morgan fingerprint density at radius 3 is 2.61 bits per heavy atom. The van der Waals surface area contributed by atoms with Gasteiger partial charge in [-0.25, -0.2) is 4.98 Å². The van der Waals surface area contributed by atoms with Gasteiger partial charge in [-0.3, -0.25) is 0 Å². The van der Waals surface area contributed by atoms with Crippen LogP contribution in [-0.2, 0) is 12.4 Å². The number of halogens is 6. The molecule has 0 amide bonds. The van der Waals surface area contributed by atoms with Crippen molar-refractivity contribution in [3.8, 4) is 0 Å². The van der Waals surface area contributed by atoms with Crippen LogP contribution in [0.4, 0.5) is 26.3 Å². The summed E-state index contributed by atoms with van der Waals surface area (Å²) in [5.74, 6) is 0.0635. The Kier molecular flexibility index (Phi) is 6.08. The first-order chi connectivity index (χ1) is 15.6. The number of allylic oxidation sites excluding steroid dienone is 5. The van der Waals surface area contributed by atoms with Crippen molar-refractivity contribution in [2.24, 2.45) is 11.8 Å². The van der Waals surface area contributed by atoms with E-state index in [0.29, 0.717) is 18.7 Å². The van der Waals surface area contributed by atoms with Crippen LogP contribution in [0.1, 0.15) is 22.9 Å². The predicted molar refractivity (Wildman–Crippen MR) is 110 cm³/mol. The lowest BCUT2D eigenvalue weighted by Crippen LogP contribution is -2.31. The molecule has 1 aromatic carbocycles. The van der Waals surface area contributed by atoms with Crippen molar-refractivity contribution < 1.29 is 31.4 Å². The van der Waals surface area contributed by atoms with Crippen LogP contribution in [0, 0.1) is 11.8 Å². The first-order valence-electron chi connectivity index (χ1n) is 10.1. The SMILES string of the molecule is OC(CNCC1C=CC=C2C=C=C=CC21)c1cc(C(F)(F)F)nc2c(C(F)(F)F)cccc12. The summed E-state index contributed by atoms with van der Waals surface area (Å²) in [5, 5.41) is 13.5. The van der Waals surface area contributed by atoms with Crippen LogP contribution < -0.4 is 5.32 Å². The molecule has 0 saturated heterocycles. The van der Waals surface area contributed by atoms with Crippen LogP contribution in [0.5, 0.6) is 0 Å². The fourth-order valence-corrected chi connectivity index (χ4v) is 4.03. The standard InChI is InChI=1S/C24H18F6N2O/c25-23(26,27)19-10-4-9-17-18(11-21(24(28,29)30)32-22(17)19)20(33)13-31-12-15-7-3-6-14-5-1-2-8-16(14)15/h3-11,15-16,20,31,33H,12-13H2. The lowest BCUT2D eigenvalue weighted by Gasteiger charge is -2.26. The fraction of sp³-hybridized carbons (Fsp3) is 0.292. The van der Waals surface area contributed by atoms with E-state index in [-0.39, 0.29) is 29.3 Å². The lowest BCUT2D eigenvalue weighted by molar-refractivity contribution is -0.142. The number of pyridine rings is 1. The summed E-state index contributed by atoms with van der Waals surface area (Å²) in [4.78, 5) is 3.24. The predicted octanol–water partition coefficient (Wildman–Crippen LogP) is 5.50. The van der Waals surface area contributed by atoms with Gasteiger partial charge in [-0.1, -0.05) is 41.8 Å². The first-order valence-corrected chi connectivity index (χ1v) is 10.1. The highest BCUT2D eigenvalue weighted by Gasteiger charge is 2.38. The van der Waals surface area contributed by atoms with Gasteiger partial charge in [0.15, 0.2) is 0 Å². The van der Waals surface area contributed by atoms with E-state index in [9.17, 15) is 31.4 Å². The molecule has 3 atom stereocenters.